The summed E-state index contributed by atoms with van der Waals surface area (Å²) in [6, 6.07) is 8.38. The summed E-state index contributed by atoms with van der Waals surface area (Å²) in [5.74, 6) is -1.04. The van der Waals surface area contributed by atoms with E-state index < -0.39 is 23.7 Å². The standard InChI is InChI=1S/C21H25F2N3O3/c1-4-28-17-7-6-13(10-18(17)29-5-2)19-12(3)25-26-20(19)24-21(27)14-8-15(22)11-16(23)9-14/h6-12,19-20,25-26H,4-5H2,1-3H3,(H,24,27). The van der Waals surface area contributed by atoms with E-state index in [0.29, 0.717) is 24.7 Å². The van der Waals surface area contributed by atoms with Crippen molar-refractivity contribution in [3.63, 3.8) is 0 Å². The van der Waals surface area contributed by atoms with Gasteiger partial charge in [0.15, 0.2) is 11.5 Å². The van der Waals surface area contributed by atoms with Crippen LogP contribution in [0.2, 0.25) is 0 Å². The highest BCUT2D eigenvalue weighted by atomic mass is 19.1. The molecule has 0 saturated carbocycles. The van der Waals surface area contributed by atoms with E-state index in [-0.39, 0.29) is 17.5 Å². The van der Waals surface area contributed by atoms with Gasteiger partial charge in [-0.25, -0.2) is 14.2 Å². The van der Waals surface area contributed by atoms with Crippen LogP contribution in [0, 0.1) is 11.6 Å². The number of carbonyl (C=O) groups is 1. The zero-order valence-corrected chi connectivity index (χ0v) is 16.6. The van der Waals surface area contributed by atoms with E-state index in [1.54, 1.807) is 0 Å². The molecule has 156 valence electrons. The summed E-state index contributed by atoms with van der Waals surface area (Å²) < 4.78 is 38.2. The molecule has 0 radical (unpaired) electrons. The van der Waals surface area contributed by atoms with Gasteiger partial charge in [-0.1, -0.05) is 6.07 Å². The first-order chi connectivity index (χ1) is 13.9. The Bertz CT molecular complexity index is 858. The molecule has 2 aromatic carbocycles. The fraction of sp³-hybridized carbons (Fsp3) is 0.381. The lowest BCUT2D eigenvalue weighted by atomic mass is 9.91. The first-order valence-corrected chi connectivity index (χ1v) is 9.60. The van der Waals surface area contributed by atoms with Crippen molar-refractivity contribution in [2.24, 2.45) is 0 Å². The van der Waals surface area contributed by atoms with Crippen LogP contribution in [0.25, 0.3) is 0 Å². The summed E-state index contributed by atoms with van der Waals surface area (Å²) in [6.07, 6.45) is -0.490. The Hall–Kier alpha value is -2.71. The number of ether oxygens (including phenoxy) is 2. The van der Waals surface area contributed by atoms with Crippen LogP contribution < -0.4 is 25.6 Å². The SMILES string of the molecule is CCOc1ccc(C2C(C)NNC2NC(=O)c2cc(F)cc(F)c2)cc1OCC. The molecule has 0 spiro atoms. The van der Waals surface area contributed by atoms with Gasteiger partial charge in [0.05, 0.1) is 13.2 Å². The van der Waals surface area contributed by atoms with E-state index in [0.717, 1.165) is 23.8 Å². The number of hydrazine groups is 1. The minimum absolute atomic E-state index is 0.0167. The molecule has 1 saturated heterocycles. The highest BCUT2D eigenvalue weighted by Crippen LogP contribution is 2.34. The Morgan fingerprint density at radius 1 is 1.00 bits per heavy atom. The second-order valence-corrected chi connectivity index (χ2v) is 6.78. The van der Waals surface area contributed by atoms with Crippen LogP contribution >= 0.6 is 0 Å². The molecule has 3 rings (SSSR count). The first kappa shape index (κ1) is 21.0. The smallest absolute Gasteiger partial charge is 0.252 e. The monoisotopic (exact) mass is 405 g/mol. The minimum Gasteiger partial charge on any atom is -0.490 e. The van der Waals surface area contributed by atoms with Gasteiger partial charge in [0.25, 0.3) is 5.91 Å². The van der Waals surface area contributed by atoms with Crippen LogP contribution in [0.15, 0.2) is 36.4 Å². The molecule has 0 aliphatic carbocycles. The number of rotatable bonds is 7. The maximum atomic E-state index is 13.4. The van der Waals surface area contributed by atoms with Crippen LogP contribution in [-0.2, 0) is 0 Å². The van der Waals surface area contributed by atoms with Gasteiger partial charge in [-0.05, 0) is 50.6 Å². The highest BCUT2D eigenvalue weighted by molar-refractivity contribution is 5.94. The van der Waals surface area contributed by atoms with Crippen molar-refractivity contribution in [2.75, 3.05) is 13.2 Å². The van der Waals surface area contributed by atoms with Crippen molar-refractivity contribution < 1.29 is 23.0 Å². The minimum atomic E-state index is -0.801. The lowest BCUT2D eigenvalue weighted by Gasteiger charge is -2.23. The third-order valence-corrected chi connectivity index (χ3v) is 4.73. The normalized spacial score (nSPS) is 21.1. The summed E-state index contributed by atoms with van der Waals surface area (Å²) in [5.41, 5.74) is 6.99. The van der Waals surface area contributed by atoms with Crippen molar-refractivity contribution in [1.29, 1.82) is 0 Å². The van der Waals surface area contributed by atoms with Gasteiger partial charge in [0.1, 0.15) is 17.8 Å². The average Bonchev–Trinajstić information content (AvgIpc) is 3.03. The molecular weight excluding hydrogens is 380 g/mol. The van der Waals surface area contributed by atoms with E-state index in [1.165, 1.54) is 0 Å². The van der Waals surface area contributed by atoms with Gasteiger partial charge in [-0.3, -0.25) is 10.2 Å². The quantitative estimate of drug-likeness (QED) is 0.660. The molecule has 1 fully saturated rings. The zero-order chi connectivity index (χ0) is 21.0. The van der Waals surface area contributed by atoms with Gasteiger partial charge in [0.2, 0.25) is 0 Å². The van der Waals surface area contributed by atoms with Crippen molar-refractivity contribution >= 4 is 5.91 Å². The number of benzene rings is 2. The fourth-order valence-electron chi connectivity index (χ4n) is 3.48. The molecule has 3 atom stereocenters. The number of amides is 1. The predicted molar refractivity (Wildman–Crippen MR) is 105 cm³/mol. The summed E-state index contributed by atoms with van der Waals surface area (Å²) in [7, 11) is 0. The highest BCUT2D eigenvalue weighted by Gasteiger charge is 2.36. The van der Waals surface area contributed by atoms with E-state index in [9.17, 15) is 13.6 Å². The van der Waals surface area contributed by atoms with Crippen LogP contribution in [0.3, 0.4) is 0 Å². The lowest BCUT2D eigenvalue weighted by molar-refractivity contribution is 0.0927. The Morgan fingerprint density at radius 2 is 1.66 bits per heavy atom. The number of nitrogens with one attached hydrogen (secondary N) is 3. The number of carbonyl (C=O) groups excluding carboxylic acids is 1. The van der Waals surface area contributed by atoms with E-state index in [1.807, 2.05) is 39.0 Å². The summed E-state index contributed by atoms with van der Waals surface area (Å²) in [5, 5.41) is 2.80. The molecule has 1 aliphatic heterocycles. The van der Waals surface area contributed by atoms with Crippen LogP contribution in [0.5, 0.6) is 11.5 Å². The molecule has 8 heteroatoms. The average molecular weight is 405 g/mol. The maximum absolute atomic E-state index is 13.4. The number of hydrogen-bond donors (Lipinski definition) is 3. The Kier molecular flexibility index (Phi) is 6.66. The molecule has 1 aliphatic rings. The van der Waals surface area contributed by atoms with Crippen molar-refractivity contribution in [2.45, 2.75) is 38.9 Å². The van der Waals surface area contributed by atoms with E-state index in [2.05, 4.69) is 16.2 Å². The Morgan fingerprint density at radius 3 is 2.31 bits per heavy atom. The molecule has 3 N–H and O–H groups in total. The summed E-state index contributed by atoms with van der Waals surface area (Å²) in [4.78, 5) is 12.5. The Labute approximate surface area is 168 Å². The first-order valence-electron chi connectivity index (χ1n) is 9.60. The van der Waals surface area contributed by atoms with Gasteiger partial charge < -0.3 is 14.8 Å². The third-order valence-electron chi connectivity index (χ3n) is 4.73. The molecule has 3 unspecified atom stereocenters. The fourth-order valence-corrected chi connectivity index (χ4v) is 3.48. The third kappa shape index (κ3) is 4.83. The topological polar surface area (TPSA) is 71.6 Å². The lowest BCUT2D eigenvalue weighted by Crippen LogP contribution is -2.46. The molecule has 29 heavy (non-hydrogen) atoms. The van der Waals surface area contributed by atoms with Gasteiger partial charge in [-0.2, -0.15) is 0 Å². The molecule has 2 aromatic rings. The van der Waals surface area contributed by atoms with Crippen molar-refractivity contribution in [3.05, 3.63) is 59.2 Å². The van der Waals surface area contributed by atoms with Crippen LogP contribution in [0.4, 0.5) is 8.78 Å². The van der Waals surface area contributed by atoms with Gasteiger partial charge in [-0.15, -0.1) is 0 Å². The van der Waals surface area contributed by atoms with E-state index in [4.69, 9.17) is 9.47 Å². The van der Waals surface area contributed by atoms with Crippen LogP contribution in [0.1, 0.15) is 42.6 Å². The molecule has 6 nitrogen and oxygen atoms in total. The molecule has 0 aromatic heterocycles. The maximum Gasteiger partial charge on any atom is 0.252 e. The van der Waals surface area contributed by atoms with Crippen molar-refractivity contribution in [1.82, 2.24) is 16.2 Å². The molecule has 0 bridgehead atoms. The van der Waals surface area contributed by atoms with Gasteiger partial charge >= 0.3 is 0 Å². The van der Waals surface area contributed by atoms with Crippen LogP contribution in [-0.4, -0.2) is 31.3 Å². The largest absolute Gasteiger partial charge is 0.490 e. The molecule has 1 heterocycles. The zero-order valence-electron chi connectivity index (χ0n) is 16.6. The summed E-state index contributed by atoms with van der Waals surface area (Å²) >= 11 is 0. The number of halogens is 2. The van der Waals surface area contributed by atoms with E-state index >= 15 is 0 Å². The molecule has 1 amide bonds. The number of hydrogen-bond acceptors (Lipinski definition) is 5. The Balaban J connectivity index is 1.84. The van der Waals surface area contributed by atoms with Crippen molar-refractivity contribution in [3.8, 4) is 11.5 Å². The predicted octanol–water partition coefficient (Wildman–Crippen LogP) is 3.10. The second-order valence-electron chi connectivity index (χ2n) is 6.78. The summed E-state index contributed by atoms with van der Waals surface area (Å²) in [6.45, 7) is 6.78. The van der Waals surface area contributed by atoms with Gasteiger partial charge in [0, 0.05) is 23.6 Å². The second kappa shape index (κ2) is 9.19. The molecular formula is C21H25F2N3O3.